The summed E-state index contributed by atoms with van der Waals surface area (Å²) in [5.74, 6) is -4.86. The van der Waals surface area contributed by atoms with E-state index in [1.165, 1.54) is 19.9 Å². The van der Waals surface area contributed by atoms with Crippen LogP contribution in [0.1, 0.15) is 32.8 Å². The average Bonchev–Trinajstić information content (AvgIpc) is 2.47. The maximum absolute atomic E-state index is 14.2. The summed E-state index contributed by atoms with van der Waals surface area (Å²) < 4.78 is 72.6. The molecule has 0 radical (unpaired) electrons. The van der Waals surface area contributed by atoms with E-state index in [0.717, 1.165) is 18.2 Å². The first-order valence-electron chi connectivity index (χ1n) is 7.11. The molecule has 0 heterocycles. The zero-order valence-corrected chi connectivity index (χ0v) is 13.9. The number of rotatable bonds is 8. The fourth-order valence-electron chi connectivity index (χ4n) is 1.76. The third-order valence-electron chi connectivity index (χ3n) is 3.24. The fourth-order valence-corrected chi connectivity index (χ4v) is 3.02. The minimum absolute atomic E-state index is 0.127. The van der Waals surface area contributed by atoms with Gasteiger partial charge in [-0.15, -0.1) is 0 Å². The first-order chi connectivity index (χ1) is 10.5. The van der Waals surface area contributed by atoms with Crippen LogP contribution in [0.3, 0.4) is 0 Å². The molecule has 0 aliphatic rings. The minimum atomic E-state index is -5.89. The molecule has 0 bridgehead atoms. The molecule has 2 N–H and O–H groups in total. The number of benzene rings is 1. The second kappa shape index (κ2) is 7.20. The SMILES string of the molecule is CCNc1cccc(C(F)(F)C(F)(F)P(=O)(O)OC(C)CC)c1. The smallest absolute Gasteiger partial charge is 0.385 e. The van der Waals surface area contributed by atoms with E-state index >= 15 is 0 Å². The summed E-state index contributed by atoms with van der Waals surface area (Å²) in [6.07, 6.45) is -0.928. The second-order valence-corrected chi connectivity index (χ2v) is 6.88. The molecule has 0 aliphatic carbocycles. The van der Waals surface area contributed by atoms with Gasteiger partial charge in [0.05, 0.1) is 6.10 Å². The molecule has 4 nitrogen and oxygen atoms in total. The van der Waals surface area contributed by atoms with Crippen LogP contribution in [0.4, 0.5) is 23.2 Å². The molecule has 132 valence electrons. The van der Waals surface area contributed by atoms with Gasteiger partial charge in [0.2, 0.25) is 0 Å². The maximum Gasteiger partial charge on any atom is 0.411 e. The molecule has 23 heavy (non-hydrogen) atoms. The number of hydrogen-bond donors (Lipinski definition) is 2. The van der Waals surface area contributed by atoms with Crippen molar-refractivity contribution in [3.05, 3.63) is 29.8 Å². The summed E-state index contributed by atoms with van der Waals surface area (Å²) in [6, 6.07) is 4.18. The zero-order chi connectivity index (χ0) is 17.9. The molecule has 1 aromatic carbocycles. The standard InChI is InChI=1S/C14H20F4NO3P/c1-4-10(3)22-23(20,21)14(17,18)13(15,16)11-7-6-8-12(9-11)19-5-2/h6-10,19H,4-5H2,1-3H3,(H,20,21). The van der Waals surface area contributed by atoms with Gasteiger partial charge in [0.1, 0.15) is 0 Å². The first kappa shape index (κ1) is 19.9. The van der Waals surface area contributed by atoms with Crippen molar-refractivity contribution in [2.45, 2.75) is 44.9 Å². The van der Waals surface area contributed by atoms with Crippen LogP contribution >= 0.6 is 7.60 Å². The Kier molecular flexibility index (Phi) is 6.24. The van der Waals surface area contributed by atoms with Gasteiger partial charge in [-0.25, -0.2) is 0 Å². The third kappa shape index (κ3) is 4.05. The van der Waals surface area contributed by atoms with Crippen LogP contribution in [0.25, 0.3) is 0 Å². The van der Waals surface area contributed by atoms with Gasteiger partial charge in [-0.1, -0.05) is 19.1 Å². The van der Waals surface area contributed by atoms with Crippen LogP contribution in [0.5, 0.6) is 0 Å². The lowest BCUT2D eigenvalue weighted by Crippen LogP contribution is -2.39. The zero-order valence-electron chi connectivity index (χ0n) is 13.0. The van der Waals surface area contributed by atoms with E-state index in [4.69, 9.17) is 0 Å². The van der Waals surface area contributed by atoms with Gasteiger partial charge >= 0.3 is 19.2 Å². The van der Waals surface area contributed by atoms with Crippen molar-refractivity contribution >= 4 is 13.3 Å². The van der Waals surface area contributed by atoms with Crippen molar-refractivity contribution in [2.24, 2.45) is 0 Å². The van der Waals surface area contributed by atoms with Gasteiger partial charge in [0.25, 0.3) is 0 Å². The quantitative estimate of drug-likeness (QED) is 0.518. The van der Waals surface area contributed by atoms with Crippen LogP contribution in [0.15, 0.2) is 24.3 Å². The molecule has 0 fully saturated rings. The summed E-state index contributed by atoms with van der Waals surface area (Å²) in [6.45, 7) is 4.88. The molecular weight excluding hydrogens is 337 g/mol. The van der Waals surface area contributed by atoms with E-state index < -0.39 is 30.8 Å². The van der Waals surface area contributed by atoms with E-state index in [2.05, 4.69) is 9.84 Å². The maximum atomic E-state index is 14.2. The van der Waals surface area contributed by atoms with E-state index in [0.29, 0.717) is 6.54 Å². The van der Waals surface area contributed by atoms with Gasteiger partial charge in [-0.05, 0) is 32.4 Å². The molecule has 0 spiro atoms. The normalized spacial score (nSPS) is 16.7. The molecule has 2 atom stereocenters. The molecule has 0 amide bonds. The number of halogens is 4. The second-order valence-electron chi connectivity index (χ2n) is 5.07. The molecule has 0 saturated carbocycles. The summed E-state index contributed by atoms with van der Waals surface area (Å²) in [5.41, 5.74) is -6.12. The molecule has 1 aromatic rings. The highest BCUT2D eigenvalue weighted by atomic mass is 31.2. The van der Waals surface area contributed by atoms with E-state index in [1.807, 2.05) is 0 Å². The minimum Gasteiger partial charge on any atom is -0.385 e. The molecule has 0 aromatic heterocycles. The van der Waals surface area contributed by atoms with Crippen LogP contribution in [0, 0.1) is 0 Å². The topological polar surface area (TPSA) is 58.6 Å². The molecule has 0 aliphatic heterocycles. The van der Waals surface area contributed by atoms with Gasteiger partial charge < -0.3 is 14.7 Å². The average molecular weight is 357 g/mol. The number of alkyl halides is 4. The Bertz CT molecular complexity index is 583. The van der Waals surface area contributed by atoms with E-state index in [1.54, 1.807) is 6.92 Å². The lowest BCUT2D eigenvalue weighted by molar-refractivity contribution is -0.177. The predicted molar refractivity (Wildman–Crippen MR) is 80.1 cm³/mol. The lowest BCUT2D eigenvalue weighted by Gasteiger charge is -2.31. The fraction of sp³-hybridized carbons (Fsp3) is 0.571. The summed E-state index contributed by atoms with van der Waals surface area (Å²) in [5, 5.41) is 2.71. The number of anilines is 1. The van der Waals surface area contributed by atoms with Crippen molar-refractivity contribution in [3.63, 3.8) is 0 Å². The molecule has 9 heteroatoms. The van der Waals surface area contributed by atoms with Crippen molar-refractivity contribution in [2.75, 3.05) is 11.9 Å². The molecule has 0 saturated heterocycles. The van der Waals surface area contributed by atoms with Crippen molar-refractivity contribution in [1.29, 1.82) is 0 Å². The van der Waals surface area contributed by atoms with Crippen LogP contribution in [-0.2, 0) is 15.0 Å². The summed E-state index contributed by atoms with van der Waals surface area (Å²) in [7, 11) is -5.89. The van der Waals surface area contributed by atoms with Crippen molar-refractivity contribution in [1.82, 2.24) is 0 Å². The highest BCUT2D eigenvalue weighted by Gasteiger charge is 2.70. The van der Waals surface area contributed by atoms with E-state index in [-0.39, 0.29) is 12.1 Å². The molecule has 1 rings (SSSR count). The first-order valence-corrected chi connectivity index (χ1v) is 8.68. The third-order valence-corrected chi connectivity index (χ3v) is 4.87. The van der Waals surface area contributed by atoms with Crippen molar-refractivity contribution < 1.29 is 31.5 Å². The van der Waals surface area contributed by atoms with Gasteiger partial charge in [-0.3, -0.25) is 4.57 Å². The van der Waals surface area contributed by atoms with E-state index in [9.17, 15) is 27.0 Å². The Balaban J connectivity index is 3.23. The van der Waals surface area contributed by atoms with Gasteiger partial charge in [0, 0.05) is 17.8 Å². The summed E-state index contributed by atoms with van der Waals surface area (Å²) in [4.78, 5) is 9.40. The van der Waals surface area contributed by atoms with Gasteiger partial charge in [-0.2, -0.15) is 17.6 Å². The van der Waals surface area contributed by atoms with Crippen LogP contribution in [-0.4, -0.2) is 23.2 Å². The number of hydrogen-bond acceptors (Lipinski definition) is 3. The Morgan fingerprint density at radius 2 is 1.91 bits per heavy atom. The number of nitrogens with one attached hydrogen (secondary N) is 1. The Morgan fingerprint density at radius 1 is 1.30 bits per heavy atom. The monoisotopic (exact) mass is 357 g/mol. The molecular formula is C14H20F4NO3P. The Morgan fingerprint density at radius 3 is 2.43 bits per heavy atom. The van der Waals surface area contributed by atoms with Crippen LogP contribution in [0.2, 0.25) is 0 Å². The molecule has 2 unspecified atom stereocenters. The highest BCUT2D eigenvalue weighted by molar-refractivity contribution is 7.54. The van der Waals surface area contributed by atoms with Crippen LogP contribution < -0.4 is 5.32 Å². The predicted octanol–water partition coefficient (Wildman–Crippen LogP) is 4.80. The summed E-state index contributed by atoms with van der Waals surface area (Å²) >= 11 is 0. The highest BCUT2D eigenvalue weighted by Crippen LogP contribution is 2.66. The largest absolute Gasteiger partial charge is 0.411 e. The lowest BCUT2D eigenvalue weighted by atomic mass is 10.1. The van der Waals surface area contributed by atoms with Gasteiger partial charge in [0.15, 0.2) is 0 Å². The Labute approximate surface area is 132 Å². The Hall–Kier alpha value is -1.11. The van der Waals surface area contributed by atoms with Crippen molar-refractivity contribution in [3.8, 4) is 0 Å².